The summed E-state index contributed by atoms with van der Waals surface area (Å²) in [6.45, 7) is 3.30. The Morgan fingerprint density at radius 2 is 2.00 bits per heavy atom. The lowest BCUT2D eigenvalue weighted by Crippen LogP contribution is -2.34. The smallest absolute Gasteiger partial charge is 0.214 e. The molecule has 11 heavy (non-hydrogen) atoms. The van der Waals surface area contributed by atoms with Crippen molar-refractivity contribution >= 4 is 10.0 Å². The summed E-state index contributed by atoms with van der Waals surface area (Å²) in [5.41, 5.74) is 5.45. The third-order valence-corrected chi connectivity index (χ3v) is 3.65. The first-order chi connectivity index (χ1) is 4.93. The fourth-order valence-electron chi connectivity index (χ4n) is 0.697. The van der Waals surface area contributed by atoms with Gasteiger partial charge in [0.1, 0.15) is 0 Å². The van der Waals surface area contributed by atoms with Gasteiger partial charge in [-0.2, -0.15) is 0 Å². The van der Waals surface area contributed by atoms with E-state index in [0.717, 1.165) is 6.42 Å². The van der Waals surface area contributed by atoms with E-state index in [4.69, 9.17) is 5.73 Å². The summed E-state index contributed by atoms with van der Waals surface area (Å²) in [4.78, 5) is 0. The molecule has 0 heterocycles. The summed E-state index contributed by atoms with van der Waals surface area (Å²) in [6, 6.07) is 0.0194. The molecule has 0 unspecified atom stereocenters. The fraction of sp³-hybridized carbons (Fsp3) is 1.00. The van der Waals surface area contributed by atoms with E-state index < -0.39 is 10.0 Å². The molecule has 0 aromatic rings. The molecular formula is C6H14N2O2S. The standard InChI is InChI=1S/C6H14N2O2S/c1-4(2)11(9,10)8-6-3-5(6)7/h4-6,8H,3,7H2,1-2H3/t5-,6+/m1/s1. The molecule has 3 N–H and O–H groups in total. The molecule has 1 rings (SSSR count). The Labute approximate surface area is 67.2 Å². The lowest BCUT2D eigenvalue weighted by Gasteiger charge is -2.07. The second kappa shape index (κ2) is 2.73. The molecule has 1 fully saturated rings. The van der Waals surface area contributed by atoms with Crippen LogP contribution in [-0.4, -0.2) is 25.8 Å². The SMILES string of the molecule is CC(C)S(=O)(=O)N[C@H]1C[C@H]1N. The van der Waals surface area contributed by atoms with Crippen molar-refractivity contribution in [3.63, 3.8) is 0 Å². The average Bonchev–Trinajstić information content (AvgIpc) is 2.45. The molecule has 0 aromatic heterocycles. The molecule has 1 aliphatic carbocycles. The van der Waals surface area contributed by atoms with Gasteiger partial charge in [0.15, 0.2) is 0 Å². The van der Waals surface area contributed by atoms with Crippen molar-refractivity contribution in [1.82, 2.24) is 4.72 Å². The van der Waals surface area contributed by atoms with Gasteiger partial charge in [0.05, 0.1) is 5.25 Å². The monoisotopic (exact) mass is 178 g/mol. The zero-order valence-electron chi connectivity index (χ0n) is 6.74. The summed E-state index contributed by atoms with van der Waals surface area (Å²) in [6.07, 6.45) is 0.770. The quantitative estimate of drug-likeness (QED) is 0.607. The van der Waals surface area contributed by atoms with Gasteiger partial charge >= 0.3 is 0 Å². The van der Waals surface area contributed by atoms with Crippen LogP contribution in [0.4, 0.5) is 0 Å². The van der Waals surface area contributed by atoms with Gasteiger partial charge in [-0.05, 0) is 20.3 Å². The second-order valence-corrected chi connectivity index (χ2v) is 5.49. The van der Waals surface area contributed by atoms with Crippen molar-refractivity contribution in [2.24, 2.45) is 5.73 Å². The Morgan fingerprint density at radius 1 is 1.55 bits per heavy atom. The van der Waals surface area contributed by atoms with E-state index in [-0.39, 0.29) is 17.3 Å². The molecule has 0 spiro atoms. The van der Waals surface area contributed by atoms with E-state index in [1.165, 1.54) is 0 Å². The van der Waals surface area contributed by atoms with E-state index in [9.17, 15) is 8.42 Å². The predicted octanol–water partition coefficient (Wildman–Crippen LogP) is -0.586. The maximum absolute atomic E-state index is 11.2. The van der Waals surface area contributed by atoms with Gasteiger partial charge in [-0.3, -0.25) is 0 Å². The molecule has 1 saturated carbocycles. The zero-order chi connectivity index (χ0) is 8.65. The fourth-order valence-corrected chi connectivity index (χ4v) is 1.66. The zero-order valence-corrected chi connectivity index (χ0v) is 7.56. The topological polar surface area (TPSA) is 72.2 Å². The number of sulfonamides is 1. The first-order valence-corrected chi connectivity index (χ1v) is 5.25. The lowest BCUT2D eigenvalue weighted by molar-refractivity contribution is 0.570. The number of hydrogen-bond donors (Lipinski definition) is 2. The number of hydrogen-bond acceptors (Lipinski definition) is 3. The highest BCUT2D eigenvalue weighted by molar-refractivity contribution is 7.90. The van der Waals surface area contributed by atoms with Gasteiger partial charge in [-0.25, -0.2) is 13.1 Å². The molecule has 1 aliphatic rings. The van der Waals surface area contributed by atoms with Gasteiger partial charge < -0.3 is 5.73 Å². The lowest BCUT2D eigenvalue weighted by atomic mass is 10.6. The van der Waals surface area contributed by atoms with E-state index in [2.05, 4.69) is 4.72 Å². The minimum Gasteiger partial charge on any atom is -0.326 e. The second-order valence-electron chi connectivity index (χ2n) is 3.22. The molecule has 0 radical (unpaired) electrons. The van der Waals surface area contributed by atoms with Crippen LogP contribution in [0.1, 0.15) is 20.3 Å². The number of nitrogens with two attached hydrogens (primary N) is 1. The molecule has 0 aromatic carbocycles. The van der Waals surface area contributed by atoms with Gasteiger partial charge in [0, 0.05) is 12.1 Å². The van der Waals surface area contributed by atoms with Crippen molar-refractivity contribution < 1.29 is 8.42 Å². The van der Waals surface area contributed by atoms with Crippen molar-refractivity contribution in [3.05, 3.63) is 0 Å². The highest BCUT2D eigenvalue weighted by Gasteiger charge is 2.37. The van der Waals surface area contributed by atoms with Crippen molar-refractivity contribution in [1.29, 1.82) is 0 Å². The van der Waals surface area contributed by atoms with Crippen molar-refractivity contribution in [2.75, 3.05) is 0 Å². The largest absolute Gasteiger partial charge is 0.326 e. The predicted molar refractivity (Wildman–Crippen MR) is 43.6 cm³/mol. The summed E-state index contributed by atoms with van der Waals surface area (Å²) >= 11 is 0. The molecule has 4 nitrogen and oxygen atoms in total. The van der Waals surface area contributed by atoms with Crippen molar-refractivity contribution in [2.45, 2.75) is 37.6 Å². The number of rotatable bonds is 3. The maximum atomic E-state index is 11.2. The maximum Gasteiger partial charge on any atom is 0.214 e. The van der Waals surface area contributed by atoms with Crippen LogP contribution in [0.2, 0.25) is 0 Å². The summed E-state index contributed by atoms with van der Waals surface area (Å²) in [5, 5.41) is -0.365. The van der Waals surface area contributed by atoms with Gasteiger partial charge in [-0.15, -0.1) is 0 Å². The van der Waals surface area contributed by atoms with Crippen molar-refractivity contribution in [3.8, 4) is 0 Å². The van der Waals surface area contributed by atoms with Gasteiger partial charge in [0.25, 0.3) is 0 Å². The van der Waals surface area contributed by atoms with E-state index in [0.29, 0.717) is 0 Å². The minimum atomic E-state index is -3.10. The van der Waals surface area contributed by atoms with Crippen LogP contribution in [0, 0.1) is 0 Å². The van der Waals surface area contributed by atoms with Gasteiger partial charge in [-0.1, -0.05) is 0 Å². The summed E-state index contributed by atoms with van der Waals surface area (Å²) < 4.78 is 24.8. The third-order valence-electron chi connectivity index (χ3n) is 1.78. The molecule has 0 amide bonds. The Bertz CT molecular complexity index is 235. The molecule has 5 heteroatoms. The van der Waals surface area contributed by atoms with Crippen LogP contribution in [-0.2, 0) is 10.0 Å². The summed E-state index contributed by atoms with van der Waals surface area (Å²) in [7, 11) is -3.10. The Morgan fingerprint density at radius 3 is 2.27 bits per heavy atom. The van der Waals surface area contributed by atoms with E-state index in [1.54, 1.807) is 13.8 Å². The van der Waals surface area contributed by atoms with Crippen LogP contribution < -0.4 is 10.5 Å². The average molecular weight is 178 g/mol. The Kier molecular flexibility index (Phi) is 2.22. The van der Waals surface area contributed by atoms with Crippen LogP contribution in [0.25, 0.3) is 0 Å². The normalized spacial score (nSPS) is 30.9. The third kappa shape index (κ3) is 2.15. The highest BCUT2D eigenvalue weighted by Crippen LogP contribution is 2.19. The Hall–Kier alpha value is -0.130. The molecule has 2 atom stereocenters. The molecule has 0 saturated heterocycles. The number of nitrogens with one attached hydrogen (secondary N) is 1. The summed E-state index contributed by atoms with van der Waals surface area (Å²) in [5.74, 6) is 0. The molecule has 0 aliphatic heterocycles. The van der Waals surface area contributed by atoms with Crippen LogP contribution in [0.15, 0.2) is 0 Å². The first-order valence-electron chi connectivity index (χ1n) is 3.70. The Balaban J connectivity index is 2.48. The highest BCUT2D eigenvalue weighted by atomic mass is 32.2. The van der Waals surface area contributed by atoms with Crippen LogP contribution in [0.3, 0.4) is 0 Å². The molecule has 66 valence electrons. The first kappa shape index (κ1) is 8.96. The van der Waals surface area contributed by atoms with Crippen LogP contribution >= 0.6 is 0 Å². The molecule has 0 bridgehead atoms. The van der Waals surface area contributed by atoms with Crippen LogP contribution in [0.5, 0.6) is 0 Å². The van der Waals surface area contributed by atoms with E-state index in [1.807, 2.05) is 0 Å². The van der Waals surface area contributed by atoms with E-state index >= 15 is 0 Å². The molecular weight excluding hydrogens is 164 g/mol. The van der Waals surface area contributed by atoms with Gasteiger partial charge in [0.2, 0.25) is 10.0 Å². The minimum absolute atomic E-state index is 0.0117.